The Bertz CT molecular complexity index is 288. The van der Waals surface area contributed by atoms with Crippen LogP contribution < -0.4 is 11.1 Å². The lowest BCUT2D eigenvalue weighted by Crippen LogP contribution is -2.42. The molecule has 0 rings (SSSR count). The lowest BCUT2D eigenvalue weighted by atomic mass is 10.3. The molecule has 0 aliphatic rings. The Hall–Kier alpha value is -0.730. The molecule has 2 atom stereocenters. The maximum absolute atomic E-state index is 10.9. The predicted molar refractivity (Wildman–Crippen MR) is 88.6 cm³/mol. The highest BCUT2D eigenvalue weighted by atomic mass is 16.3. The lowest BCUT2D eigenvalue weighted by molar-refractivity contribution is -0.118. The van der Waals surface area contributed by atoms with E-state index in [0.717, 1.165) is 32.7 Å². The molecule has 0 saturated heterocycles. The van der Waals surface area contributed by atoms with Crippen LogP contribution in [0.2, 0.25) is 0 Å². The van der Waals surface area contributed by atoms with E-state index in [1.165, 1.54) is 0 Å². The largest absolute Gasteiger partial charge is 0.392 e. The molecule has 0 aromatic heterocycles. The molecule has 0 radical (unpaired) electrons. The molecule has 22 heavy (non-hydrogen) atoms. The van der Waals surface area contributed by atoms with Gasteiger partial charge in [-0.05, 0) is 20.4 Å². The Morgan fingerprint density at radius 2 is 1.73 bits per heavy atom. The monoisotopic (exact) mass is 318 g/mol. The van der Waals surface area contributed by atoms with E-state index >= 15 is 0 Å². The first-order valence-electron chi connectivity index (χ1n) is 8.15. The van der Waals surface area contributed by atoms with Gasteiger partial charge in [0.05, 0.1) is 12.2 Å². The molecular weight excluding hydrogens is 284 g/mol. The molecule has 0 spiro atoms. The van der Waals surface area contributed by atoms with Gasteiger partial charge in [-0.1, -0.05) is 6.92 Å². The van der Waals surface area contributed by atoms with Crippen LogP contribution in [-0.2, 0) is 4.79 Å². The molecule has 132 valence electrons. The highest BCUT2D eigenvalue weighted by Gasteiger charge is 2.11. The first-order valence-corrected chi connectivity index (χ1v) is 8.15. The number of aliphatic hydroxyl groups excluding tert-OH is 2. The molecule has 5 N–H and O–H groups in total. The van der Waals surface area contributed by atoms with Gasteiger partial charge in [0.1, 0.15) is 0 Å². The third kappa shape index (κ3) is 13.0. The Morgan fingerprint density at radius 1 is 1.09 bits per heavy atom. The van der Waals surface area contributed by atoms with Crippen molar-refractivity contribution in [2.75, 3.05) is 52.4 Å². The Morgan fingerprint density at radius 3 is 2.23 bits per heavy atom. The van der Waals surface area contributed by atoms with Gasteiger partial charge in [-0.2, -0.15) is 0 Å². The van der Waals surface area contributed by atoms with Crippen molar-refractivity contribution in [3.05, 3.63) is 0 Å². The second kappa shape index (κ2) is 12.8. The number of carbonyl (C=O) groups is 1. The van der Waals surface area contributed by atoms with E-state index in [9.17, 15) is 15.0 Å². The highest BCUT2D eigenvalue weighted by molar-refractivity contribution is 5.73. The number of nitrogens with two attached hydrogens (primary N) is 1. The first kappa shape index (κ1) is 21.3. The molecule has 7 heteroatoms. The van der Waals surface area contributed by atoms with Crippen molar-refractivity contribution in [1.82, 2.24) is 15.1 Å². The van der Waals surface area contributed by atoms with Crippen molar-refractivity contribution in [1.29, 1.82) is 0 Å². The first-order chi connectivity index (χ1) is 10.3. The molecule has 0 aromatic carbocycles. The van der Waals surface area contributed by atoms with Gasteiger partial charge < -0.3 is 26.2 Å². The van der Waals surface area contributed by atoms with Gasteiger partial charge in [-0.25, -0.2) is 0 Å². The van der Waals surface area contributed by atoms with Crippen LogP contribution >= 0.6 is 0 Å². The van der Waals surface area contributed by atoms with E-state index in [1.807, 2.05) is 0 Å². The fourth-order valence-corrected chi connectivity index (χ4v) is 2.20. The van der Waals surface area contributed by atoms with Crippen LogP contribution in [0.15, 0.2) is 0 Å². The van der Waals surface area contributed by atoms with Crippen LogP contribution in [0.25, 0.3) is 0 Å². The number of aliphatic hydroxyl groups is 2. The van der Waals surface area contributed by atoms with Crippen LogP contribution in [0.4, 0.5) is 0 Å². The zero-order valence-corrected chi connectivity index (χ0v) is 14.3. The minimum atomic E-state index is -0.377. The summed E-state index contributed by atoms with van der Waals surface area (Å²) in [4.78, 5) is 15.2. The number of carbonyl (C=O) groups excluding carboxylic acids is 1. The number of hydrogen-bond donors (Lipinski definition) is 4. The predicted octanol–water partition coefficient (Wildman–Crippen LogP) is -1.16. The number of hydrogen-bond acceptors (Lipinski definition) is 6. The Balaban J connectivity index is 4.12. The van der Waals surface area contributed by atoms with Gasteiger partial charge in [0.2, 0.25) is 5.91 Å². The zero-order valence-electron chi connectivity index (χ0n) is 14.3. The Kier molecular flexibility index (Phi) is 12.4. The van der Waals surface area contributed by atoms with Gasteiger partial charge >= 0.3 is 0 Å². The summed E-state index contributed by atoms with van der Waals surface area (Å²) in [5, 5.41) is 22.0. The molecular formula is C15H34N4O3. The summed E-state index contributed by atoms with van der Waals surface area (Å²) in [5.74, 6) is -0.276. The average Bonchev–Trinajstić information content (AvgIpc) is 2.42. The van der Waals surface area contributed by atoms with Crippen LogP contribution in [0.1, 0.15) is 27.2 Å². The molecule has 0 heterocycles. The number of nitrogens with zero attached hydrogens (tertiary/aromatic N) is 2. The summed E-state index contributed by atoms with van der Waals surface area (Å²) in [6.07, 6.45) is -0.354. The maximum atomic E-state index is 10.9. The number of likely N-dealkylation sites (N-methyl/N-ethyl adjacent to an activating group) is 1. The standard InChI is InChI=1S/C15H34N4O3/c1-4-18(7-5-15(16)22)9-10-19(12-14(3)21)8-6-17-11-13(2)20/h13-14,17,20-21H,4-12H2,1-3H3,(H2,16,22)/t13-,14-/m0/s1. The van der Waals surface area contributed by atoms with Crippen molar-refractivity contribution in [2.24, 2.45) is 5.73 Å². The summed E-state index contributed by atoms with van der Waals surface area (Å²) in [6, 6.07) is 0. The second-order valence-electron chi connectivity index (χ2n) is 5.85. The molecule has 0 fully saturated rings. The van der Waals surface area contributed by atoms with E-state index in [2.05, 4.69) is 22.0 Å². The number of amides is 1. The summed E-state index contributed by atoms with van der Waals surface area (Å²) >= 11 is 0. The minimum Gasteiger partial charge on any atom is -0.392 e. The fourth-order valence-electron chi connectivity index (χ4n) is 2.20. The second-order valence-corrected chi connectivity index (χ2v) is 5.85. The third-order valence-corrected chi connectivity index (χ3v) is 3.42. The zero-order chi connectivity index (χ0) is 17.0. The highest BCUT2D eigenvalue weighted by Crippen LogP contribution is 1.96. The van der Waals surface area contributed by atoms with E-state index in [4.69, 9.17) is 5.73 Å². The van der Waals surface area contributed by atoms with Gasteiger partial charge in [-0.3, -0.25) is 9.69 Å². The number of rotatable bonds is 14. The maximum Gasteiger partial charge on any atom is 0.218 e. The van der Waals surface area contributed by atoms with Gasteiger partial charge in [0.15, 0.2) is 0 Å². The van der Waals surface area contributed by atoms with Gasteiger partial charge in [0.25, 0.3) is 0 Å². The van der Waals surface area contributed by atoms with E-state index in [0.29, 0.717) is 26.1 Å². The van der Waals surface area contributed by atoms with Crippen molar-refractivity contribution in [3.63, 3.8) is 0 Å². The van der Waals surface area contributed by atoms with Crippen LogP contribution in [0.3, 0.4) is 0 Å². The van der Waals surface area contributed by atoms with E-state index in [-0.39, 0.29) is 18.1 Å². The number of primary amides is 1. The summed E-state index contributed by atoms with van der Waals surface area (Å²) in [7, 11) is 0. The molecule has 1 amide bonds. The average molecular weight is 318 g/mol. The smallest absolute Gasteiger partial charge is 0.218 e. The van der Waals surface area contributed by atoms with Gasteiger partial charge in [-0.15, -0.1) is 0 Å². The molecule has 7 nitrogen and oxygen atoms in total. The normalized spacial score (nSPS) is 14.5. The Labute approximate surface area is 134 Å². The van der Waals surface area contributed by atoms with Crippen LogP contribution in [0.5, 0.6) is 0 Å². The molecule has 0 bridgehead atoms. The van der Waals surface area contributed by atoms with Crippen molar-refractivity contribution >= 4 is 5.91 Å². The van der Waals surface area contributed by atoms with Crippen LogP contribution in [-0.4, -0.2) is 90.5 Å². The third-order valence-electron chi connectivity index (χ3n) is 3.42. The summed E-state index contributed by atoms with van der Waals surface area (Å²) < 4.78 is 0. The van der Waals surface area contributed by atoms with Crippen LogP contribution in [0, 0.1) is 0 Å². The molecule has 0 aliphatic heterocycles. The molecule has 0 aromatic rings. The topological polar surface area (TPSA) is 102 Å². The van der Waals surface area contributed by atoms with Crippen molar-refractivity contribution < 1.29 is 15.0 Å². The molecule has 0 unspecified atom stereocenters. The summed E-state index contributed by atoms with van der Waals surface area (Å²) in [6.45, 7) is 11.6. The number of nitrogens with one attached hydrogen (secondary N) is 1. The SMILES string of the molecule is CCN(CCC(N)=O)CCN(CCNC[C@H](C)O)C[C@H](C)O. The quantitative estimate of drug-likeness (QED) is 0.301. The van der Waals surface area contributed by atoms with Crippen molar-refractivity contribution in [2.45, 2.75) is 39.4 Å². The van der Waals surface area contributed by atoms with Crippen molar-refractivity contribution in [3.8, 4) is 0 Å². The summed E-state index contributed by atoms with van der Waals surface area (Å²) in [5.41, 5.74) is 5.18. The minimum absolute atomic E-state index is 0.276. The van der Waals surface area contributed by atoms with Gasteiger partial charge in [0, 0.05) is 52.2 Å². The molecule has 0 saturated carbocycles. The fraction of sp³-hybridized carbons (Fsp3) is 0.933. The van der Waals surface area contributed by atoms with E-state index in [1.54, 1.807) is 13.8 Å². The molecule has 0 aliphatic carbocycles. The lowest BCUT2D eigenvalue weighted by Gasteiger charge is -2.28. The van der Waals surface area contributed by atoms with E-state index < -0.39 is 0 Å².